The number of allylic oxidation sites excluding steroid dienone is 1. The molecule has 16 heavy (non-hydrogen) atoms. The lowest BCUT2D eigenvalue weighted by Gasteiger charge is -2.16. The zero-order valence-electron chi connectivity index (χ0n) is 10.8. The highest BCUT2D eigenvalue weighted by Gasteiger charge is 2.01. The van der Waals surface area contributed by atoms with Gasteiger partial charge in [-0.3, -0.25) is 4.99 Å². The van der Waals surface area contributed by atoms with Gasteiger partial charge in [0.05, 0.1) is 19.0 Å². The maximum Gasteiger partial charge on any atom is 0.0888 e. The van der Waals surface area contributed by atoms with E-state index in [1.54, 1.807) is 27.6 Å². The lowest BCUT2D eigenvalue weighted by molar-refractivity contribution is 0.155. The van der Waals surface area contributed by atoms with E-state index in [9.17, 15) is 0 Å². The van der Waals surface area contributed by atoms with E-state index in [2.05, 4.69) is 4.99 Å². The highest BCUT2D eigenvalue weighted by Crippen LogP contribution is 2.05. The van der Waals surface area contributed by atoms with Gasteiger partial charge >= 0.3 is 0 Å². The molecule has 1 unspecified atom stereocenters. The quantitative estimate of drug-likeness (QED) is 0.376. The van der Waals surface area contributed by atoms with Gasteiger partial charge in [0.15, 0.2) is 0 Å². The molecular formula is C12H22N2O2. The van der Waals surface area contributed by atoms with Gasteiger partial charge in [0.1, 0.15) is 0 Å². The molecule has 0 saturated heterocycles. The Hall–Kier alpha value is -1.13. The first-order valence-corrected chi connectivity index (χ1v) is 5.20. The molecule has 92 valence electrons. The number of likely N-dealkylation sites (N-methyl/N-ethyl adjacent to an activating group) is 1. The second-order valence-corrected chi connectivity index (χ2v) is 3.37. The minimum absolute atomic E-state index is 0.0647. The predicted octanol–water partition coefficient (Wildman–Crippen LogP) is 1.70. The average Bonchev–Trinajstić information content (AvgIpc) is 2.28. The van der Waals surface area contributed by atoms with Crippen molar-refractivity contribution in [1.82, 2.24) is 4.90 Å². The van der Waals surface area contributed by atoms with Gasteiger partial charge in [0.25, 0.3) is 0 Å². The lowest BCUT2D eigenvalue weighted by atomic mass is 10.2. The van der Waals surface area contributed by atoms with E-state index in [0.717, 1.165) is 5.70 Å². The van der Waals surface area contributed by atoms with Gasteiger partial charge in [-0.05, 0) is 19.1 Å². The molecule has 0 heterocycles. The topological polar surface area (TPSA) is 34.1 Å². The third kappa shape index (κ3) is 6.37. The summed E-state index contributed by atoms with van der Waals surface area (Å²) < 4.78 is 10.2. The van der Waals surface area contributed by atoms with Gasteiger partial charge in [-0.1, -0.05) is 6.08 Å². The van der Waals surface area contributed by atoms with Crippen LogP contribution < -0.4 is 0 Å². The molecule has 1 atom stereocenters. The van der Waals surface area contributed by atoms with E-state index in [-0.39, 0.29) is 6.10 Å². The Labute approximate surface area is 98.3 Å². The fourth-order valence-electron chi connectivity index (χ4n) is 1.10. The molecule has 0 aromatic rings. The van der Waals surface area contributed by atoms with Crippen molar-refractivity contribution in [2.24, 2.45) is 4.99 Å². The monoisotopic (exact) mass is 226 g/mol. The third-order valence-corrected chi connectivity index (χ3v) is 2.02. The van der Waals surface area contributed by atoms with Crippen LogP contribution in [0.2, 0.25) is 0 Å². The molecule has 0 amide bonds. The molecule has 0 aliphatic carbocycles. The van der Waals surface area contributed by atoms with Gasteiger partial charge < -0.3 is 14.4 Å². The molecular weight excluding hydrogens is 204 g/mol. The van der Waals surface area contributed by atoms with Crippen LogP contribution in [0.15, 0.2) is 28.9 Å². The summed E-state index contributed by atoms with van der Waals surface area (Å²) >= 11 is 0. The molecule has 0 aromatic heterocycles. The standard InChI is InChI=1S/C12H22N2O2/c1-11(16-5)9-12(7-6-8-15-4)14(3)10-13-2/h6-7,9-11H,8H2,1-5H3/b7-6-,12-9+,13-10?. The summed E-state index contributed by atoms with van der Waals surface area (Å²) in [6.07, 6.45) is 7.78. The summed E-state index contributed by atoms with van der Waals surface area (Å²) in [4.78, 5) is 5.90. The molecule has 0 fully saturated rings. The molecule has 0 N–H and O–H groups in total. The number of methoxy groups -OCH3 is 2. The summed E-state index contributed by atoms with van der Waals surface area (Å²) in [6, 6.07) is 0. The molecule has 0 aromatic carbocycles. The molecule has 0 bridgehead atoms. The summed E-state index contributed by atoms with van der Waals surface area (Å²) in [5.41, 5.74) is 1.03. The van der Waals surface area contributed by atoms with E-state index in [0.29, 0.717) is 6.61 Å². The second-order valence-electron chi connectivity index (χ2n) is 3.37. The summed E-state index contributed by atoms with van der Waals surface area (Å²) in [5, 5.41) is 0. The third-order valence-electron chi connectivity index (χ3n) is 2.02. The van der Waals surface area contributed by atoms with Crippen LogP contribution in [0, 0.1) is 0 Å². The van der Waals surface area contributed by atoms with Crippen LogP contribution in [0.4, 0.5) is 0 Å². The number of ether oxygens (including phenoxy) is 2. The molecule has 0 saturated carbocycles. The lowest BCUT2D eigenvalue weighted by Crippen LogP contribution is -2.16. The van der Waals surface area contributed by atoms with Crippen molar-refractivity contribution in [2.75, 3.05) is 34.9 Å². The SMILES string of the molecule is CN=CN(C)C(/C=C\COC)=C/C(C)OC. The van der Waals surface area contributed by atoms with Crippen molar-refractivity contribution in [1.29, 1.82) is 0 Å². The number of rotatable bonds is 7. The molecule has 0 rings (SSSR count). The molecule has 4 nitrogen and oxygen atoms in total. The first kappa shape index (κ1) is 14.9. The van der Waals surface area contributed by atoms with Crippen molar-refractivity contribution in [3.05, 3.63) is 23.9 Å². The Bertz CT molecular complexity index is 260. The summed E-state index contributed by atoms with van der Waals surface area (Å²) in [6.45, 7) is 2.58. The Morgan fingerprint density at radius 1 is 1.44 bits per heavy atom. The maximum absolute atomic E-state index is 5.20. The van der Waals surface area contributed by atoms with Crippen molar-refractivity contribution >= 4 is 6.34 Å². The maximum atomic E-state index is 5.20. The fraction of sp³-hybridized carbons (Fsp3) is 0.583. The van der Waals surface area contributed by atoms with E-state index < -0.39 is 0 Å². The van der Waals surface area contributed by atoms with Gasteiger partial charge in [-0.25, -0.2) is 0 Å². The first-order valence-electron chi connectivity index (χ1n) is 5.20. The van der Waals surface area contributed by atoms with Crippen LogP contribution in [0.3, 0.4) is 0 Å². The smallest absolute Gasteiger partial charge is 0.0888 e. The molecule has 4 heteroatoms. The highest BCUT2D eigenvalue weighted by atomic mass is 16.5. The first-order chi connectivity index (χ1) is 7.65. The van der Waals surface area contributed by atoms with Gasteiger partial charge in [-0.15, -0.1) is 0 Å². The molecule has 0 aliphatic heterocycles. The number of hydrogen-bond acceptors (Lipinski definition) is 3. The van der Waals surface area contributed by atoms with Crippen molar-refractivity contribution in [3.63, 3.8) is 0 Å². The van der Waals surface area contributed by atoms with E-state index >= 15 is 0 Å². The Morgan fingerprint density at radius 2 is 2.12 bits per heavy atom. The Morgan fingerprint density at radius 3 is 2.62 bits per heavy atom. The number of hydrogen-bond donors (Lipinski definition) is 0. The largest absolute Gasteiger partial charge is 0.381 e. The molecule has 0 spiro atoms. The van der Waals surface area contributed by atoms with Crippen LogP contribution in [-0.4, -0.2) is 52.3 Å². The van der Waals surface area contributed by atoms with E-state index in [1.165, 1.54) is 0 Å². The van der Waals surface area contributed by atoms with Crippen molar-refractivity contribution < 1.29 is 9.47 Å². The zero-order chi connectivity index (χ0) is 12.4. The number of nitrogens with zero attached hydrogens (tertiary/aromatic N) is 2. The van der Waals surface area contributed by atoms with E-state index in [1.807, 2.05) is 37.1 Å². The highest BCUT2D eigenvalue weighted by molar-refractivity contribution is 5.58. The second kappa shape index (κ2) is 9.12. The van der Waals surface area contributed by atoms with Crippen LogP contribution in [0.25, 0.3) is 0 Å². The van der Waals surface area contributed by atoms with Gasteiger partial charge in [0, 0.05) is 34.0 Å². The van der Waals surface area contributed by atoms with Gasteiger partial charge in [0.2, 0.25) is 0 Å². The van der Waals surface area contributed by atoms with Crippen LogP contribution >= 0.6 is 0 Å². The molecule has 0 aliphatic rings. The van der Waals surface area contributed by atoms with Crippen molar-refractivity contribution in [2.45, 2.75) is 13.0 Å². The number of aliphatic imine (C=N–C) groups is 1. The predicted molar refractivity (Wildman–Crippen MR) is 67.7 cm³/mol. The normalized spacial score (nSPS) is 14.9. The Balaban J connectivity index is 4.68. The summed E-state index contributed by atoms with van der Waals surface area (Å²) in [5.74, 6) is 0. The zero-order valence-corrected chi connectivity index (χ0v) is 10.8. The minimum atomic E-state index is 0.0647. The van der Waals surface area contributed by atoms with E-state index in [4.69, 9.17) is 9.47 Å². The summed E-state index contributed by atoms with van der Waals surface area (Å²) in [7, 11) is 7.04. The fourth-order valence-corrected chi connectivity index (χ4v) is 1.10. The van der Waals surface area contributed by atoms with Crippen LogP contribution in [0.5, 0.6) is 0 Å². The molecule has 0 radical (unpaired) electrons. The van der Waals surface area contributed by atoms with Crippen LogP contribution in [0.1, 0.15) is 6.92 Å². The van der Waals surface area contributed by atoms with Crippen LogP contribution in [-0.2, 0) is 9.47 Å². The minimum Gasteiger partial charge on any atom is -0.381 e. The van der Waals surface area contributed by atoms with Crippen molar-refractivity contribution in [3.8, 4) is 0 Å². The average molecular weight is 226 g/mol. The van der Waals surface area contributed by atoms with Gasteiger partial charge in [-0.2, -0.15) is 0 Å². The Kier molecular flexibility index (Phi) is 8.48.